The minimum absolute atomic E-state index is 0.109. The Kier molecular flexibility index (Phi) is 2.10. The van der Waals surface area contributed by atoms with Gasteiger partial charge in [0.05, 0.1) is 0 Å². The number of carbonyl (C=O) groups excluding carboxylic acids is 2. The van der Waals surface area contributed by atoms with Gasteiger partial charge in [-0.15, -0.1) is 0 Å². The van der Waals surface area contributed by atoms with Gasteiger partial charge in [-0.05, 0) is 0 Å². The zero-order valence-electron chi connectivity index (χ0n) is 9.58. The summed E-state index contributed by atoms with van der Waals surface area (Å²) in [5.74, 6) is -0.235. The third kappa shape index (κ3) is 1.34. The summed E-state index contributed by atoms with van der Waals surface area (Å²) in [6, 6.07) is 10.4. The standard InChI is InChI=1S/C14H6N2O2Se/c17-13-7-3-1-2-4-8(7)14(18)11-9(13)5-6-10-12(11)16-19-15-10/h1-6H. The summed E-state index contributed by atoms with van der Waals surface area (Å²) in [6.07, 6.45) is 0. The Balaban J connectivity index is 2.14. The van der Waals surface area contributed by atoms with Crippen LogP contribution < -0.4 is 0 Å². The van der Waals surface area contributed by atoms with Crippen LogP contribution in [0, 0.1) is 0 Å². The second-order valence-corrected chi connectivity index (χ2v) is 5.43. The fourth-order valence-electron chi connectivity index (χ4n) is 2.43. The Labute approximate surface area is 114 Å². The van der Waals surface area contributed by atoms with E-state index in [2.05, 4.69) is 7.96 Å². The predicted molar refractivity (Wildman–Crippen MR) is 69.8 cm³/mol. The van der Waals surface area contributed by atoms with Gasteiger partial charge in [-0.25, -0.2) is 0 Å². The second kappa shape index (κ2) is 3.70. The van der Waals surface area contributed by atoms with Gasteiger partial charge in [0.1, 0.15) is 0 Å². The van der Waals surface area contributed by atoms with E-state index >= 15 is 0 Å². The molecule has 0 saturated heterocycles. The summed E-state index contributed by atoms with van der Waals surface area (Å²) in [6.45, 7) is 0. The van der Waals surface area contributed by atoms with Crippen LogP contribution in [0.4, 0.5) is 0 Å². The minimum atomic E-state index is -0.211. The molecule has 1 aliphatic rings. The molecule has 0 aliphatic heterocycles. The Morgan fingerprint density at radius 3 is 2.32 bits per heavy atom. The fraction of sp³-hybridized carbons (Fsp3) is 0. The topological polar surface area (TPSA) is 59.9 Å². The molecule has 1 heterocycles. The van der Waals surface area contributed by atoms with E-state index in [0.717, 1.165) is 5.52 Å². The first-order chi connectivity index (χ1) is 9.27. The molecule has 0 unspecified atom stereocenters. The molecule has 2 aromatic carbocycles. The summed E-state index contributed by atoms with van der Waals surface area (Å²) in [7, 11) is 0. The average Bonchev–Trinajstić information content (AvgIpc) is 2.92. The quantitative estimate of drug-likeness (QED) is 0.461. The first-order valence-electron chi connectivity index (χ1n) is 5.71. The van der Waals surface area contributed by atoms with Crippen LogP contribution in [0.25, 0.3) is 11.0 Å². The molecule has 0 atom stereocenters. The van der Waals surface area contributed by atoms with E-state index in [4.69, 9.17) is 0 Å². The van der Waals surface area contributed by atoms with Gasteiger partial charge in [0.2, 0.25) is 0 Å². The molecule has 90 valence electrons. The van der Waals surface area contributed by atoms with Crippen molar-refractivity contribution in [3.63, 3.8) is 0 Å². The average molecular weight is 313 g/mol. The number of hydrogen-bond acceptors (Lipinski definition) is 4. The number of rotatable bonds is 0. The normalized spacial score (nSPS) is 13.5. The zero-order valence-corrected chi connectivity index (χ0v) is 11.3. The van der Waals surface area contributed by atoms with E-state index in [9.17, 15) is 9.59 Å². The maximum atomic E-state index is 12.6. The number of benzene rings is 2. The molecule has 0 spiro atoms. The van der Waals surface area contributed by atoms with Crippen molar-refractivity contribution < 1.29 is 9.59 Å². The van der Waals surface area contributed by atoms with Gasteiger partial charge in [-0.1, -0.05) is 0 Å². The molecule has 0 amide bonds. The Bertz CT molecular complexity index is 867. The molecule has 0 fully saturated rings. The number of fused-ring (bicyclic) bond motifs is 4. The number of aromatic nitrogens is 2. The predicted octanol–water partition coefficient (Wildman–Crippen LogP) is 1.46. The molecule has 1 aliphatic carbocycles. The molecule has 5 heteroatoms. The zero-order chi connectivity index (χ0) is 13.0. The van der Waals surface area contributed by atoms with Crippen molar-refractivity contribution >= 4 is 37.6 Å². The van der Waals surface area contributed by atoms with Gasteiger partial charge >= 0.3 is 114 Å². The number of hydrogen-bond donors (Lipinski definition) is 0. The van der Waals surface area contributed by atoms with E-state index in [1.165, 1.54) is 0 Å². The Hall–Kier alpha value is -2.10. The van der Waals surface area contributed by atoms with Crippen molar-refractivity contribution in [3.05, 3.63) is 58.7 Å². The summed E-state index contributed by atoms with van der Waals surface area (Å²) >= 11 is -0.211. The molecule has 4 rings (SSSR count). The number of nitrogens with zero attached hydrogens (tertiary/aromatic N) is 2. The van der Waals surface area contributed by atoms with Crippen LogP contribution in [-0.4, -0.2) is 34.5 Å². The van der Waals surface area contributed by atoms with Gasteiger partial charge in [0.15, 0.2) is 0 Å². The van der Waals surface area contributed by atoms with Crippen LogP contribution in [0.3, 0.4) is 0 Å². The molecule has 0 N–H and O–H groups in total. The van der Waals surface area contributed by atoms with Gasteiger partial charge < -0.3 is 0 Å². The third-order valence-electron chi connectivity index (χ3n) is 3.32. The first-order valence-corrected chi connectivity index (χ1v) is 7.24. The summed E-state index contributed by atoms with van der Waals surface area (Å²) in [5.41, 5.74) is 3.11. The van der Waals surface area contributed by atoms with Crippen LogP contribution >= 0.6 is 0 Å². The van der Waals surface area contributed by atoms with Crippen LogP contribution in [0.2, 0.25) is 0 Å². The molecule has 4 nitrogen and oxygen atoms in total. The van der Waals surface area contributed by atoms with Crippen LogP contribution in [0.15, 0.2) is 36.4 Å². The van der Waals surface area contributed by atoms with Crippen molar-refractivity contribution in [1.29, 1.82) is 0 Å². The molecule has 1 aromatic heterocycles. The Morgan fingerprint density at radius 1 is 0.789 bits per heavy atom. The summed E-state index contributed by atoms with van der Waals surface area (Å²) in [5, 5.41) is 0. The SMILES string of the molecule is O=C1c2ccccc2C(=O)c2c1ccc1n[se]nc21. The third-order valence-corrected chi connectivity index (χ3v) is 4.45. The van der Waals surface area contributed by atoms with Gasteiger partial charge in [-0.3, -0.25) is 0 Å². The van der Waals surface area contributed by atoms with E-state index < -0.39 is 0 Å². The van der Waals surface area contributed by atoms with E-state index in [-0.39, 0.29) is 26.5 Å². The molecular weight excluding hydrogens is 307 g/mol. The first kappa shape index (κ1) is 10.8. The molecule has 0 saturated carbocycles. The van der Waals surface area contributed by atoms with Crippen LogP contribution in [0.1, 0.15) is 31.8 Å². The molecule has 0 bridgehead atoms. The summed E-state index contributed by atoms with van der Waals surface area (Å²) in [4.78, 5) is 25.0. The van der Waals surface area contributed by atoms with E-state index in [1.807, 2.05) is 0 Å². The maximum absolute atomic E-state index is 12.6. The second-order valence-electron chi connectivity index (χ2n) is 4.32. The van der Waals surface area contributed by atoms with Crippen molar-refractivity contribution in [2.45, 2.75) is 0 Å². The summed E-state index contributed by atoms with van der Waals surface area (Å²) < 4.78 is 8.55. The van der Waals surface area contributed by atoms with Gasteiger partial charge in [0.25, 0.3) is 0 Å². The Morgan fingerprint density at radius 2 is 1.53 bits per heavy atom. The van der Waals surface area contributed by atoms with Crippen LogP contribution in [0.5, 0.6) is 0 Å². The number of carbonyl (C=O) groups is 2. The van der Waals surface area contributed by atoms with Crippen molar-refractivity contribution in [2.24, 2.45) is 0 Å². The molecular formula is C14H6N2O2Se. The number of ketones is 2. The van der Waals surface area contributed by atoms with E-state index in [1.54, 1.807) is 36.4 Å². The molecule has 19 heavy (non-hydrogen) atoms. The molecule has 0 radical (unpaired) electrons. The van der Waals surface area contributed by atoms with Crippen molar-refractivity contribution in [3.8, 4) is 0 Å². The van der Waals surface area contributed by atoms with Crippen molar-refractivity contribution in [2.75, 3.05) is 0 Å². The van der Waals surface area contributed by atoms with Crippen LogP contribution in [-0.2, 0) is 0 Å². The monoisotopic (exact) mass is 314 g/mol. The fourth-order valence-corrected chi connectivity index (χ4v) is 3.57. The van der Waals surface area contributed by atoms with E-state index in [0.29, 0.717) is 27.8 Å². The molecule has 3 aromatic rings. The van der Waals surface area contributed by atoms with Crippen molar-refractivity contribution in [1.82, 2.24) is 7.96 Å². The van der Waals surface area contributed by atoms with Gasteiger partial charge in [0, 0.05) is 0 Å². The van der Waals surface area contributed by atoms with Gasteiger partial charge in [-0.2, -0.15) is 0 Å².